The molecule has 31 heavy (non-hydrogen) atoms. The average Bonchev–Trinajstić information content (AvgIpc) is 3.27. The lowest BCUT2D eigenvalue weighted by atomic mass is 9.96. The standard InChI is InChI=1S/C20H20BrF3N6O/c1-11-13(10-29(2)28-11)8-25-19(31)15-9-26-30-17(20(22,23)24)7-16(27-18(15)30)12-3-5-14(21)6-4-12/h3-6,9-10,16-17,27H,7-8H2,1-2H3,(H,25,31)/t16-,17+/m0/s1. The van der Waals surface area contributed by atoms with Crippen molar-refractivity contribution in [3.05, 3.63) is 63.5 Å². The molecule has 1 aromatic carbocycles. The van der Waals surface area contributed by atoms with E-state index in [-0.39, 0.29) is 24.3 Å². The first-order valence-corrected chi connectivity index (χ1v) is 10.4. The highest BCUT2D eigenvalue weighted by molar-refractivity contribution is 9.10. The van der Waals surface area contributed by atoms with E-state index < -0.39 is 24.2 Å². The number of benzene rings is 1. The lowest BCUT2D eigenvalue weighted by Gasteiger charge is -2.34. The fourth-order valence-electron chi connectivity index (χ4n) is 3.74. The largest absolute Gasteiger partial charge is 0.410 e. The van der Waals surface area contributed by atoms with E-state index in [9.17, 15) is 18.0 Å². The van der Waals surface area contributed by atoms with Crippen molar-refractivity contribution in [2.45, 2.75) is 38.1 Å². The second-order valence-corrected chi connectivity index (χ2v) is 8.40. The van der Waals surface area contributed by atoms with Crippen LogP contribution in [0, 0.1) is 6.92 Å². The molecule has 2 atom stereocenters. The number of fused-ring (bicyclic) bond motifs is 1. The monoisotopic (exact) mass is 496 g/mol. The van der Waals surface area contributed by atoms with Gasteiger partial charge in [0.25, 0.3) is 5.91 Å². The van der Waals surface area contributed by atoms with Crippen LogP contribution in [-0.4, -0.2) is 31.6 Å². The first-order chi connectivity index (χ1) is 14.6. The van der Waals surface area contributed by atoms with Crippen LogP contribution < -0.4 is 10.6 Å². The van der Waals surface area contributed by atoms with E-state index in [0.29, 0.717) is 5.56 Å². The average molecular weight is 497 g/mol. The minimum absolute atomic E-state index is 0.0573. The quantitative estimate of drug-likeness (QED) is 0.565. The topological polar surface area (TPSA) is 76.8 Å². The van der Waals surface area contributed by atoms with Gasteiger partial charge in [-0.15, -0.1) is 0 Å². The summed E-state index contributed by atoms with van der Waals surface area (Å²) in [6.45, 7) is 2.03. The SMILES string of the molecule is Cc1nn(C)cc1CNC(=O)c1cnn2c1N[C@H](c1ccc(Br)cc1)C[C@@H]2C(F)(F)F. The fourth-order valence-corrected chi connectivity index (χ4v) is 4.00. The van der Waals surface area contributed by atoms with Crippen molar-refractivity contribution in [3.63, 3.8) is 0 Å². The van der Waals surface area contributed by atoms with Gasteiger partial charge in [-0.2, -0.15) is 23.4 Å². The van der Waals surface area contributed by atoms with Gasteiger partial charge in [0.05, 0.1) is 17.9 Å². The van der Waals surface area contributed by atoms with Crippen LogP contribution in [0.5, 0.6) is 0 Å². The number of hydrogen-bond acceptors (Lipinski definition) is 4. The summed E-state index contributed by atoms with van der Waals surface area (Å²) in [7, 11) is 1.77. The van der Waals surface area contributed by atoms with Gasteiger partial charge in [0.2, 0.25) is 0 Å². The summed E-state index contributed by atoms with van der Waals surface area (Å²) < 4.78 is 44.7. The highest BCUT2D eigenvalue weighted by Crippen LogP contribution is 2.44. The first kappa shape index (κ1) is 21.4. The highest BCUT2D eigenvalue weighted by Gasteiger charge is 2.47. The Morgan fingerprint density at radius 1 is 1.32 bits per heavy atom. The van der Waals surface area contributed by atoms with Crippen LogP contribution in [0.15, 0.2) is 41.1 Å². The summed E-state index contributed by atoms with van der Waals surface area (Å²) in [6, 6.07) is 4.61. The number of aromatic nitrogens is 4. The van der Waals surface area contributed by atoms with Crippen LogP contribution in [0.1, 0.15) is 45.7 Å². The van der Waals surface area contributed by atoms with E-state index in [0.717, 1.165) is 20.4 Å². The summed E-state index contributed by atoms with van der Waals surface area (Å²) in [5, 5.41) is 13.9. The molecule has 3 aromatic rings. The molecule has 0 aliphatic carbocycles. The number of nitrogens with one attached hydrogen (secondary N) is 2. The molecule has 1 aliphatic heterocycles. The molecule has 0 saturated carbocycles. The Kier molecular flexibility index (Phi) is 5.54. The van der Waals surface area contributed by atoms with Crippen molar-refractivity contribution in [1.82, 2.24) is 24.9 Å². The maximum absolute atomic E-state index is 13.8. The Balaban J connectivity index is 1.62. The van der Waals surface area contributed by atoms with Gasteiger partial charge in [-0.1, -0.05) is 28.1 Å². The van der Waals surface area contributed by atoms with Crippen LogP contribution in [-0.2, 0) is 13.6 Å². The van der Waals surface area contributed by atoms with Crippen LogP contribution in [0.2, 0.25) is 0 Å². The van der Waals surface area contributed by atoms with Crippen LogP contribution in [0.4, 0.5) is 19.0 Å². The number of amides is 1. The van der Waals surface area contributed by atoms with Crippen LogP contribution in [0.3, 0.4) is 0 Å². The Labute approximate surface area is 184 Å². The molecule has 2 aromatic heterocycles. The molecule has 164 valence electrons. The van der Waals surface area contributed by atoms with Crippen molar-refractivity contribution in [2.24, 2.45) is 7.05 Å². The molecule has 0 unspecified atom stereocenters. The molecule has 1 aliphatic rings. The zero-order valence-corrected chi connectivity index (χ0v) is 18.3. The summed E-state index contributed by atoms with van der Waals surface area (Å²) in [5.74, 6) is -0.448. The van der Waals surface area contributed by atoms with E-state index in [4.69, 9.17) is 0 Å². The summed E-state index contributed by atoms with van der Waals surface area (Å²) >= 11 is 3.33. The zero-order chi connectivity index (χ0) is 22.3. The first-order valence-electron chi connectivity index (χ1n) is 9.57. The predicted octanol–water partition coefficient (Wildman–Crippen LogP) is 4.28. The van der Waals surface area contributed by atoms with Crippen LogP contribution >= 0.6 is 15.9 Å². The van der Waals surface area contributed by atoms with Crippen molar-refractivity contribution < 1.29 is 18.0 Å². The van der Waals surface area contributed by atoms with Crippen molar-refractivity contribution in [1.29, 1.82) is 0 Å². The van der Waals surface area contributed by atoms with Crippen molar-refractivity contribution in [2.75, 3.05) is 5.32 Å². The molecular weight excluding hydrogens is 477 g/mol. The van der Waals surface area contributed by atoms with Gasteiger partial charge >= 0.3 is 6.18 Å². The maximum Gasteiger partial charge on any atom is 0.410 e. The lowest BCUT2D eigenvalue weighted by molar-refractivity contribution is -0.173. The normalized spacial score (nSPS) is 18.4. The molecule has 0 radical (unpaired) electrons. The third kappa shape index (κ3) is 4.32. The molecule has 0 fully saturated rings. The number of alkyl halides is 3. The van der Waals surface area contributed by atoms with Gasteiger partial charge < -0.3 is 10.6 Å². The van der Waals surface area contributed by atoms with Crippen LogP contribution in [0.25, 0.3) is 0 Å². The van der Waals surface area contributed by atoms with Crippen molar-refractivity contribution >= 4 is 27.7 Å². The fraction of sp³-hybridized carbons (Fsp3) is 0.350. The minimum Gasteiger partial charge on any atom is -0.363 e. The number of rotatable bonds is 4. The Morgan fingerprint density at radius 2 is 2.03 bits per heavy atom. The number of nitrogens with zero attached hydrogens (tertiary/aromatic N) is 4. The Bertz CT molecular complexity index is 1110. The molecule has 0 bridgehead atoms. The number of hydrogen-bond donors (Lipinski definition) is 2. The number of aryl methyl sites for hydroxylation is 2. The second-order valence-electron chi connectivity index (χ2n) is 7.49. The molecular formula is C20H20BrF3N6O. The number of anilines is 1. The summed E-state index contributed by atoms with van der Waals surface area (Å²) in [6.07, 6.45) is -1.77. The molecule has 1 amide bonds. The van der Waals surface area contributed by atoms with E-state index in [2.05, 4.69) is 36.8 Å². The van der Waals surface area contributed by atoms with E-state index in [1.807, 2.05) is 6.92 Å². The third-order valence-corrected chi connectivity index (χ3v) is 5.84. The Hall–Kier alpha value is -2.82. The van der Waals surface area contributed by atoms with E-state index >= 15 is 0 Å². The van der Waals surface area contributed by atoms with Gasteiger partial charge in [-0.05, 0) is 24.6 Å². The number of carbonyl (C=O) groups is 1. The second kappa shape index (κ2) is 8.03. The van der Waals surface area contributed by atoms with E-state index in [1.54, 1.807) is 42.2 Å². The molecule has 0 saturated heterocycles. The summed E-state index contributed by atoms with van der Waals surface area (Å²) in [4.78, 5) is 12.8. The van der Waals surface area contributed by atoms with Gasteiger partial charge in [-0.25, -0.2) is 4.68 Å². The molecule has 4 rings (SSSR count). The van der Waals surface area contributed by atoms with E-state index in [1.165, 1.54) is 6.20 Å². The third-order valence-electron chi connectivity index (χ3n) is 5.31. The van der Waals surface area contributed by atoms with Crippen molar-refractivity contribution in [3.8, 4) is 0 Å². The molecule has 7 nitrogen and oxygen atoms in total. The maximum atomic E-state index is 13.8. The smallest absolute Gasteiger partial charge is 0.363 e. The van der Waals surface area contributed by atoms with Gasteiger partial charge in [0.15, 0.2) is 6.04 Å². The highest BCUT2D eigenvalue weighted by atomic mass is 79.9. The minimum atomic E-state index is -4.50. The predicted molar refractivity (Wildman–Crippen MR) is 112 cm³/mol. The zero-order valence-electron chi connectivity index (χ0n) is 16.7. The number of halogens is 4. The molecule has 3 heterocycles. The van der Waals surface area contributed by atoms with Gasteiger partial charge in [-0.3, -0.25) is 9.48 Å². The Morgan fingerprint density at radius 3 is 2.65 bits per heavy atom. The lowest BCUT2D eigenvalue weighted by Crippen LogP contribution is -2.36. The molecule has 0 spiro atoms. The molecule has 2 N–H and O–H groups in total. The number of carbonyl (C=O) groups excluding carboxylic acids is 1. The van der Waals surface area contributed by atoms with Gasteiger partial charge in [0, 0.05) is 36.2 Å². The molecule has 11 heteroatoms. The van der Waals surface area contributed by atoms with Gasteiger partial charge in [0.1, 0.15) is 11.4 Å². The summed E-state index contributed by atoms with van der Waals surface area (Å²) in [5.41, 5.74) is 2.36.